The molecule has 0 atom stereocenters. The lowest BCUT2D eigenvalue weighted by Gasteiger charge is -2.11. The Kier molecular flexibility index (Phi) is 5.63. The molecule has 0 aliphatic heterocycles. The number of aldehydes is 1. The van der Waals surface area contributed by atoms with Gasteiger partial charge in [0.05, 0.1) is 7.11 Å². The maximum Gasteiger partial charge on any atom is 0.161 e. The van der Waals surface area contributed by atoms with Gasteiger partial charge in [-0.05, 0) is 36.4 Å². The number of hydrogen-bond acceptors (Lipinski definition) is 4. The SMILES string of the molecule is COc1cc(C=O)ccc1OCCOc1cccc(Br)c1. The molecule has 0 aliphatic rings. The number of rotatable bonds is 7. The third-order valence-electron chi connectivity index (χ3n) is 2.73. The van der Waals surface area contributed by atoms with Crippen molar-refractivity contribution in [2.24, 2.45) is 0 Å². The highest BCUT2D eigenvalue weighted by Crippen LogP contribution is 2.27. The zero-order chi connectivity index (χ0) is 15.1. The summed E-state index contributed by atoms with van der Waals surface area (Å²) in [6.07, 6.45) is 0.767. The first-order chi connectivity index (χ1) is 10.2. The van der Waals surface area contributed by atoms with Gasteiger partial charge in [-0.25, -0.2) is 0 Å². The average molecular weight is 351 g/mol. The van der Waals surface area contributed by atoms with E-state index in [0.717, 1.165) is 16.5 Å². The van der Waals surface area contributed by atoms with E-state index in [0.29, 0.717) is 30.3 Å². The van der Waals surface area contributed by atoms with Gasteiger partial charge in [-0.2, -0.15) is 0 Å². The third-order valence-corrected chi connectivity index (χ3v) is 3.22. The number of carbonyl (C=O) groups excluding carboxylic acids is 1. The molecule has 0 amide bonds. The molecule has 0 aromatic heterocycles. The van der Waals surface area contributed by atoms with Gasteiger partial charge in [0.25, 0.3) is 0 Å². The molecule has 0 N–H and O–H groups in total. The van der Waals surface area contributed by atoms with Crippen LogP contribution in [0.1, 0.15) is 10.4 Å². The normalized spacial score (nSPS) is 10.0. The van der Waals surface area contributed by atoms with Crippen molar-refractivity contribution >= 4 is 22.2 Å². The predicted octanol–water partition coefficient (Wildman–Crippen LogP) is 3.73. The van der Waals surface area contributed by atoms with Crippen LogP contribution in [0.25, 0.3) is 0 Å². The third kappa shape index (κ3) is 4.49. The van der Waals surface area contributed by atoms with Crippen molar-refractivity contribution in [2.75, 3.05) is 20.3 Å². The first-order valence-corrected chi connectivity index (χ1v) is 7.16. The number of hydrogen-bond donors (Lipinski definition) is 0. The van der Waals surface area contributed by atoms with Gasteiger partial charge in [0.2, 0.25) is 0 Å². The van der Waals surface area contributed by atoms with Crippen LogP contribution in [0, 0.1) is 0 Å². The molecule has 0 radical (unpaired) electrons. The van der Waals surface area contributed by atoms with E-state index in [4.69, 9.17) is 14.2 Å². The Balaban J connectivity index is 1.87. The summed E-state index contributed by atoms with van der Waals surface area (Å²) in [5.74, 6) is 1.89. The van der Waals surface area contributed by atoms with Crippen LogP contribution in [0.5, 0.6) is 17.2 Å². The summed E-state index contributed by atoms with van der Waals surface area (Å²) in [5.41, 5.74) is 0.546. The molecule has 4 nitrogen and oxygen atoms in total. The van der Waals surface area contributed by atoms with Crippen molar-refractivity contribution in [3.8, 4) is 17.2 Å². The van der Waals surface area contributed by atoms with Gasteiger partial charge >= 0.3 is 0 Å². The highest BCUT2D eigenvalue weighted by Gasteiger charge is 2.05. The molecule has 0 unspecified atom stereocenters. The van der Waals surface area contributed by atoms with E-state index in [2.05, 4.69) is 15.9 Å². The number of ether oxygens (including phenoxy) is 3. The van der Waals surface area contributed by atoms with E-state index >= 15 is 0 Å². The number of carbonyl (C=O) groups is 1. The Hall–Kier alpha value is -2.01. The monoisotopic (exact) mass is 350 g/mol. The highest BCUT2D eigenvalue weighted by molar-refractivity contribution is 9.10. The first-order valence-electron chi connectivity index (χ1n) is 6.37. The molecule has 110 valence electrons. The summed E-state index contributed by atoms with van der Waals surface area (Å²) in [6.45, 7) is 0.790. The molecular weight excluding hydrogens is 336 g/mol. The second-order valence-corrected chi connectivity index (χ2v) is 5.10. The summed E-state index contributed by atoms with van der Waals surface area (Å²) in [4.78, 5) is 10.7. The van der Waals surface area contributed by atoms with E-state index in [9.17, 15) is 4.79 Å². The van der Waals surface area contributed by atoms with Crippen molar-refractivity contribution in [3.05, 3.63) is 52.5 Å². The van der Waals surface area contributed by atoms with Crippen LogP contribution in [-0.2, 0) is 0 Å². The van der Waals surface area contributed by atoms with Gasteiger partial charge in [0.1, 0.15) is 25.2 Å². The van der Waals surface area contributed by atoms with Crippen molar-refractivity contribution < 1.29 is 19.0 Å². The van der Waals surface area contributed by atoms with Crippen LogP contribution in [-0.4, -0.2) is 26.6 Å². The Morgan fingerprint density at radius 1 is 1.05 bits per heavy atom. The molecule has 2 aromatic rings. The molecule has 2 aromatic carbocycles. The van der Waals surface area contributed by atoms with Gasteiger partial charge < -0.3 is 14.2 Å². The van der Waals surface area contributed by atoms with E-state index in [-0.39, 0.29) is 0 Å². The zero-order valence-corrected chi connectivity index (χ0v) is 13.1. The largest absolute Gasteiger partial charge is 0.493 e. The van der Waals surface area contributed by atoms with E-state index < -0.39 is 0 Å². The molecule has 2 rings (SSSR count). The number of methoxy groups -OCH3 is 1. The van der Waals surface area contributed by atoms with Crippen LogP contribution in [0.4, 0.5) is 0 Å². The lowest BCUT2D eigenvalue weighted by Crippen LogP contribution is -2.09. The molecule has 0 spiro atoms. The van der Waals surface area contributed by atoms with E-state index in [1.165, 1.54) is 7.11 Å². The van der Waals surface area contributed by atoms with Crippen LogP contribution in [0.3, 0.4) is 0 Å². The number of halogens is 1. The summed E-state index contributed by atoms with van der Waals surface area (Å²) < 4.78 is 17.3. The maximum absolute atomic E-state index is 10.7. The molecule has 0 saturated carbocycles. The Morgan fingerprint density at radius 2 is 1.86 bits per heavy atom. The summed E-state index contributed by atoms with van der Waals surface area (Å²) in [7, 11) is 1.54. The van der Waals surface area contributed by atoms with Gasteiger partial charge in [-0.3, -0.25) is 4.79 Å². The van der Waals surface area contributed by atoms with Gasteiger partial charge in [-0.15, -0.1) is 0 Å². The van der Waals surface area contributed by atoms with Crippen LogP contribution in [0.2, 0.25) is 0 Å². The molecule has 0 fully saturated rings. The molecule has 0 aliphatic carbocycles. The molecular formula is C16H15BrO4. The van der Waals surface area contributed by atoms with Gasteiger partial charge in [-0.1, -0.05) is 22.0 Å². The summed E-state index contributed by atoms with van der Waals surface area (Å²) >= 11 is 3.38. The Morgan fingerprint density at radius 3 is 2.57 bits per heavy atom. The average Bonchev–Trinajstić information content (AvgIpc) is 2.51. The minimum absolute atomic E-state index is 0.378. The van der Waals surface area contributed by atoms with E-state index in [1.807, 2.05) is 24.3 Å². The fraction of sp³-hybridized carbons (Fsp3) is 0.188. The first kappa shape index (κ1) is 15.4. The smallest absolute Gasteiger partial charge is 0.161 e. The topological polar surface area (TPSA) is 44.8 Å². The quantitative estimate of drug-likeness (QED) is 0.563. The fourth-order valence-electron chi connectivity index (χ4n) is 1.74. The number of benzene rings is 2. The van der Waals surface area contributed by atoms with Crippen molar-refractivity contribution in [3.63, 3.8) is 0 Å². The lowest BCUT2D eigenvalue weighted by atomic mass is 10.2. The van der Waals surface area contributed by atoms with Gasteiger partial charge in [0.15, 0.2) is 11.5 Å². The summed E-state index contributed by atoms with van der Waals surface area (Å²) in [5, 5.41) is 0. The van der Waals surface area contributed by atoms with Crippen molar-refractivity contribution in [2.45, 2.75) is 0 Å². The van der Waals surface area contributed by atoms with Gasteiger partial charge in [0, 0.05) is 10.0 Å². The Labute approximate surface area is 131 Å². The minimum atomic E-state index is 0.378. The van der Waals surface area contributed by atoms with Crippen molar-refractivity contribution in [1.29, 1.82) is 0 Å². The van der Waals surface area contributed by atoms with E-state index in [1.54, 1.807) is 18.2 Å². The fourth-order valence-corrected chi connectivity index (χ4v) is 2.12. The zero-order valence-electron chi connectivity index (χ0n) is 11.5. The second-order valence-electron chi connectivity index (χ2n) is 4.18. The van der Waals surface area contributed by atoms with Crippen LogP contribution < -0.4 is 14.2 Å². The standard InChI is InChI=1S/C16H15BrO4/c1-19-16-9-12(11-18)5-6-15(16)21-8-7-20-14-4-2-3-13(17)10-14/h2-6,9-11H,7-8H2,1H3. The summed E-state index contributed by atoms with van der Waals surface area (Å²) in [6, 6.07) is 12.6. The van der Waals surface area contributed by atoms with Crippen molar-refractivity contribution in [1.82, 2.24) is 0 Å². The van der Waals surface area contributed by atoms with Crippen LogP contribution in [0.15, 0.2) is 46.9 Å². The van der Waals surface area contributed by atoms with Crippen LogP contribution >= 0.6 is 15.9 Å². The predicted molar refractivity (Wildman–Crippen MR) is 83.5 cm³/mol. The highest BCUT2D eigenvalue weighted by atomic mass is 79.9. The molecule has 0 saturated heterocycles. The maximum atomic E-state index is 10.7. The minimum Gasteiger partial charge on any atom is -0.493 e. The Bertz CT molecular complexity index is 613. The lowest BCUT2D eigenvalue weighted by molar-refractivity contribution is 0.112. The molecule has 21 heavy (non-hydrogen) atoms. The molecule has 5 heteroatoms. The molecule has 0 heterocycles. The molecule has 0 bridgehead atoms. The second kappa shape index (κ2) is 7.69.